The summed E-state index contributed by atoms with van der Waals surface area (Å²) >= 11 is 0. The Morgan fingerprint density at radius 2 is 1.59 bits per heavy atom. The molecule has 0 bridgehead atoms. The lowest BCUT2D eigenvalue weighted by Gasteiger charge is -2.21. The molecule has 0 N–H and O–H groups in total. The van der Waals surface area contributed by atoms with Crippen molar-refractivity contribution >= 4 is 11.5 Å². The standard InChI is InChI=1S/C29H25F5O3/c1-3-14-36-23-13-11-21(26(32)27(23)33)19-9-10-20(22(30)15-19)17-5-7-18(8-6-17)29(35)37-24-12-4-16(2)25(31)28(24)34/h4-5,9-13,15,18H,3,6-8,14H2,1-2H3. The first kappa shape index (κ1) is 26.4. The summed E-state index contributed by atoms with van der Waals surface area (Å²) in [6, 6.07) is 9.30. The Morgan fingerprint density at radius 3 is 2.27 bits per heavy atom. The summed E-state index contributed by atoms with van der Waals surface area (Å²) in [5, 5.41) is 0. The van der Waals surface area contributed by atoms with E-state index in [-0.39, 0.29) is 41.0 Å². The van der Waals surface area contributed by atoms with Gasteiger partial charge in [-0.1, -0.05) is 31.2 Å². The van der Waals surface area contributed by atoms with Crippen LogP contribution in [0.25, 0.3) is 16.7 Å². The number of rotatable bonds is 7. The van der Waals surface area contributed by atoms with Gasteiger partial charge >= 0.3 is 5.97 Å². The second-order valence-electron chi connectivity index (χ2n) is 8.91. The number of esters is 1. The summed E-state index contributed by atoms with van der Waals surface area (Å²) in [4.78, 5) is 12.5. The van der Waals surface area contributed by atoms with Gasteiger partial charge in [0, 0.05) is 11.1 Å². The molecule has 8 heteroatoms. The zero-order valence-electron chi connectivity index (χ0n) is 20.3. The van der Waals surface area contributed by atoms with E-state index in [1.807, 2.05) is 6.92 Å². The minimum atomic E-state index is -1.22. The van der Waals surface area contributed by atoms with Crippen molar-refractivity contribution in [1.29, 1.82) is 0 Å². The molecule has 1 unspecified atom stereocenters. The average Bonchev–Trinajstić information content (AvgIpc) is 2.90. The lowest BCUT2D eigenvalue weighted by Crippen LogP contribution is -2.23. The second kappa shape index (κ2) is 11.2. The molecule has 194 valence electrons. The largest absolute Gasteiger partial charge is 0.490 e. The van der Waals surface area contributed by atoms with Gasteiger partial charge < -0.3 is 9.47 Å². The fourth-order valence-electron chi connectivity index (χ4n) is 4.21. The Balaban J connectivity index is 1.47. The number of aryl methyl sites for hydroxylation is 1. The van der Waals surface area contributed by atoms with Gasteiger partial charge in [-0.3, -0.25) is 4.79 Å². The quantitative estimate of drug-likeness (QED) is 0.182. The highest BCUT2D eigenvalue weighted by Gasteiger charge is 2.26. The summed E-state index contributed by atoms with van der Waals surface area (Å²) < 4.78 is 82.0. The molecule has 0 amide bonds. The number of halogens is 5. The van der Waals surface area contributed by atoms with E-state index in [1.165, 1.54) is 43.3 Å². The Labute approximate surface area is 211 Å². The van der Waals surface area contributed by atoms with Gasteiger partial charge in [0.2, 0.25) is 11.6 Å². The van der Waals surface area contributed by atoms with Crippen LogP contribution in [-0.2, 0) is 4.79 Å². The smallest absolute Gasteiger partial charge is 0.314 e. The van der Waals surface area contributed by atoms with Crippen molar-refractivity contribution in [3.05, 3.63) is 88.8 Å². The number of benzene rings is 3. The minimum Gasteiger partial charge on any atom is -0.490 e. The molecule has 3 aromatic carbocycles. The van der Waals surface area contributed by atoms with Crippen molar-refractivity contribution in [2.24, 2.45) is 5.92 Å². The first-order valence-corrected chi connectivity index (χ1v) is 12.0. The lowest BCUT2D eigenvalue weighted by molar-refractivity contribution is -0.139. The molecule has 0 aliphatic heterocycles. The van der Waals surface area contributed by atoms with E-state index in [4.69, 9.17) is 9.47 Å². The first-order valence-electron chi connectivity index (χ1n) is 12.0. The van der Waals surface area contributed by atoms with Crippen LogP contribution >= 0.6 is 0 Å². The molecule has 37 heavy (non-hydrogen) atoms. The van der Waals surface area contributed by atoms with Crippen molar-refractivity contribution in [2.75, 3.05) is 6.61 Å². The van der Waals surface area contributed by atoms with Gasteiger partial charge in [0.15, 0.2) is 23.1 Å². The Bertz CT molecular complexity index is 1370. The van der Waals surface area contributed by atoms with Crippen LogP contribution in [0.5, 0.6) is 11.5 Å². The van der Waals surface area contributed by atoms with Crippen LogP contribution in [0.1, 0.15) is 43.7 Å². The van der Waals surface area contributed by atoms with E-state index >= 15 is 4.39 Å². The van der Waals surface area contributed by atoms with E-state index in [0.29, 0.717) is 24.8 Å². The zero-order valence-corrected chi connectivity index (χ0v) is 20.3. The fourth-order valence-corrected chi connectivity index (χ4v) is 4.21. The van der Waals surface area contributed by atoms with Crippen LogP contribution in [-0.4, -0.2) is 12.6 Å². The monoisotopic (exact) mass is 516 g/mol. The summed E-state index contributed by atoms with van der Waals surface area (Å²) in [6.45, 7) is 3.49. The summed E-state index contributed by atoms with van der Waals surface area (Å²) in [7, 11) is 0. The van der Waals surface area contributed by atoms with Crippen LogP contribution in [0.4, 0.5) is 22.0 Å². The number of allylic oxidation sites excluding steroid dienone is 2. The predicted molar refractivity (Wildman–Crippen MR) is 130 cm³/mol. The van der Waals surface area contributed by atoms with Gasteiger partial charge in [0.1, 0.15) is 5.82 Å². The molecule has 4 rings (SSSR count). The highest BCUT2D eigenvalue weighted by molar-refractivity contribution is 5.78. The van der Waals surface area contributed by atoms with E-state index in [0.717, 1.165) is 6.07 Å². The molecule has 0 radical (unpaired) electrons. The summed E-state index contributed by atoms with van der Waals surface area (Å²) in [5.74, 6) is -7.12. The topological polar surface area (TPSA) is 35.5 Å². The number of hydrogen-bond acceptors (Lipinski definition) is 3. The third-order valence-electron chi connectivity index (χ3n) is 6.33. The first-order chi connectivity index (χ1) is 17.7. The lowest BCUT2D eigenvalue weighted by atomic mass is 9.86. The summed E-state index contributed by atoms with van der Waals surface area (Å²) in [6.07, 6.45) is 3.22. The molecule has 1 aliphatic carbocycles. The highest BCUT2D eigenvalue weighted by atomic mass is 19.2. The molecular formula is C29H25F5O3. The van der Waals surface area contributed by atoms with Crippen molar-refractivity contribution < 1.29 is 36.2 Å². The molecular weight excluding hydrogens is 491 g/mol. The minimum absolute atomic E-state index is 0.0907. The highest BCUT2D eigenvalue weighted by Crippen LogP contribution is 2.36. The van der Waals surface area contributed by atoms with Crippen molar-refractivity contribution in [2.45, 2.75) is 39.5 Å². The van der Waals surface area contributed by atoms with Gasteiger partial charge in [-0.15, -0.1) is 0 Å². The van der Waals surface area contributed by atoms with Crippen LogP contribution in [0.3, 0.4) is 0 Å². The molecule has 3 nitrogen and oxygen atoms in total. The van der Waals surface area contributed by atoms with Gasteiger partial charge in [-0.05, 0) is 73.6 Å². The maximum atomic E-state index is 15.0. The molecule has 0 aromatic heterocycles. The molecule has 3 aromatic rings. The van der Waals surface area contributed by atoms with Crippen molar-refractivity contribution in [3.63, 3.8) is 0 Å². The van der Waals surface area contributed by atoms with E-state index in [2.05, 4.69) is 0 Å². The van der Waals surface area contributed by atoms with Crippen LogP contribution in [0.2, 0.25) is 0 Å². The third kappa shape index (κ3) is 5.53. The number of hydrogen-bond donors (Lipinski definition) is 0. The van der Waals surface area contributed by atoms with Crippen LogP contribution in [0.15, 0.2) is 48.5 Å². The molecule has 0 spiro atoms. The van der Waals surface area contributed by atoms with Gasteiger partial charge in [-0.2, -0.15) is 8.78 Å². The molecule has 0 saturated carbocycles. The Kier molecular flexibility index (Phi) is 7.95. The van der Waals surface area contributed by atoms with E-state index < -0.39 is 46.7 Å². The fraction of sp³-hybridized carbons (Fsp3) is 0.276. The van der Waals surface area contributed by atoms with Gasteiger partial charge in [-0.25, -0.2) is 13.2 Å². The van der Waals surface area contributed by atoms with Crippen molar-refractivity contribution in [3.8, 4) is 22.6 Å². The normalized spacial score (nSPS) is 15.3. The number of carbonyl (C=O) groups excluding carboxylic acids is 1. The summed E-state index contributed by atoms with van der Waals surface area (Å²) in [5.41, 5.74) is 1.11. The average molecular weight is 517 g/mol. The van der Waals surface area contributed by atoms with Gasteiger partial charge in [0.25, 0.3) is 0 Å². The number of ether oxygens (including phenoxy) is 2. The Hall–Kier alpha value is -3.68. The molecule has 0 saturated heterocycles. The van der Waals surface area contributed by atoms with Crippen LogP contribution < -0.4 is 9.47 Å². The predicted octanol–water partition coefficient (Wildman–Crippen LogP) is 7.94. The second-order valence-corrected chi connectivity index (χ2v) is 8.91. The number of carbonyl (C=O) groups is 1. The Morgan fingerprint density at radius 1 is 0.892 bits per heavy atom. The SMILES string of the molecule is CCCOc1ccc(-c2ccc(C3=CCC(C(=O)Oc4ccc(C)c(F)c4F)CC3)c(F)c2)c(F)c1F. The maximum absolute atomic E-state index is 15.0. The molecule has 1 aliphatic rings. The molecule has 1 atom stereocenters. The maximum Gasteiger partial charge on any atom is 0.314 e. The van der Waals surface area contributed by atoms with Crippen LogP contribution in [0, 0.1) is 41.9 Å². The zero-order chi connectivity index (χ0) is 26.7. The van der Waals surface area contributed by atoms with Gasteiger partial charge in [0.05, 0.1) is 12.5 Å². The molecule has 0 heterocycles. The third-order valence-corrected chi connectivity index (χ3v) is 6.33. The van der Waals surface area contributed by atoms with Crippen molar-refractivity contribution in [1.82, 2.24) is 0 Å². The van der Waals surface area contributed by atoms with E-state index in [1.54, 1.807) is 6.08 Å². The van der Waals surface area contributed by atoms with E-state index in [9.17, 15) is 22.4 Å². The molecule has 0 fully saturated rings.